The Morgan fingerprint density at radius 1 is 1.20 bits per heavy atom. The Bertz CT molecular complexity index is 917. The molecule has 2 aliphatic heterocycles. The summed E-state index contributed by atoms with van der Waals surface area (Å²) in [6.45, 7) is 2.52. The average Bonchev–Trinajstić information content (AvgIpc) is 3.18. The smallest absolute Gasteiger partial charge is 0.264 e. The first-order valence-corrected chi connectivity index (χ1v) is 11.0. The molecule has 0 aliphatic carbocycles. The van der Waals surface area contributed by atoms with E-state index in [9.17, 15) is 17.6 Å². The minimum atomic E-state index is -2.89. The third-order valence-electron chi connectivity index (χ3n) is 5.05. The Kier molecular flexibility index (Phi) is 4.29. The van der Waals surface area contributed by atoms with Crippen LogP contribution < -0.4 is 0 Å². The zero-order chi connectivity index (χ0) is 17.6. The van der Waals surface area contributed by atoms with Crippen molar-refractivity contribution in [2.45, 2.75) is 12.5 Å². The summed E-state index contributed by atoms with van der Waals surface area (Å²) < 4.78 is 37.9. The lowest BCUT2D eigenvalue weighted by Gasteiger charge is -2.37. The highest BCUT2D eigenvalue weighted by Gasteiger charge is 2.34. The first kappa shape index (κ1) is 16.9. The Morgan fingerprint density at radius 2 is 1.96 bits per heavy atom. The SMILES string of the molecule is O=C(c1cc2c(F)cccc2s1)N1CCN([C@@H]2CCS(=O)(=O)C2)CC1. The van der Waals surface area contributed by atoms with E-state index < -0.39 is 9.84 Å². The van der Waals surface area contributed by atoms with E-state index in [1.807, 2.05) is 6.07 Å². The number of piperazine rings is 1. The molecule has 0 radical (unpaired) electrons. The largest absolute Gasteiger partial charge is 0.335 e. The number of carbonyl (C=O) groups excluding carboxylic acids is 1. The monoisotopic (exact) mass is 382 g/mol. The van der Waals surface area contributed by atoms with E-state index in [2.05, 4.69) is 4.90 Å². The van der Waals surface area contributed by atoms with E-state index in [0.29, 0.717) is 42.9 Å². The van der Waals surface area contributed by atoms with Gasteiger partial charge in [0.2, 0.25) is 0 Å². The van der Waals surface area contributed by atoms with Crippen molar-refractivity contribution < 1.29 is 17.6 Å². The van der Waals surface area contributed by atoms with Crippen LogP contribution in [0.5, 0.6) is 0 Å². The third kappa shape index (κ3) is 3.30. The molecular formula is C17H19FN2O3S2. The van der Waals surface area contributed by atoms with Crippen molar-refractivity contribution in [3.63, 3.8) is 0 Å². The standard InChI is InChI=1S/C17H19FN2O3S2/c18-14-2-1-3-15-13(14)10-16(24-15)17(21)20-7-5-19(6-8-20)12-4-9-25(22,23)11-12/h1-3,10,12H,4-9,11H2/t12-/m1/s1. The van der Waals surface area contributed by atoms with Crippen molar-refractivity contribution in [1.82, 2.24) is 9.80 Å². The van der Waals surface area contributed by atoms with Crippen LogP contribution in [0.25, 0.3) is 10.1 Å². The Hall–Kier alpha value is -1.51. The minimum absolute atomic E-state index is 0.0701. The van der Waals surface area contributed by atoms with E-state index in [0.717, 1.165) is 4.70 Å². The molecule has 3 heterocycles. The van der Waals surface area contributed by atoms with Crippen molar-refractivity contribution in [3.8, 4) is 0 Å². The summed E-state index contributed by atoms with van der Waals surface area (Å²) >= 11 is 1.31. The molecule has 134 valence electrons. The van der Waals surface area contributed by atoms with Crippen molar-refractivity contribution >= 4 is 37.2 Å². The second-order valence-electron chi connectivity index (χ2n) is 6.65. The number of nitrogens with zero attached hydrogens (tertiary/aromatic N) is 2. The maximum Gasteiger partial charge on any atom is 0.264 e. The van der Waals surface area contributed by atoms with Gasteiger partial charge < -0.3 is 4.90 Å². The summed E-state index contributed by atoms with van der Waals surface area (Å²) in [6, 6.07) is 6.58. The topological polar surface area (TPSA) is 57.7 Å². The minimum Gasteiger partial charge on any atom is -0.335 e. The van der Waals surface area contributed by atoms with Gasteiger partial charge in [0.05, 0.1) is 16.4 Å². The Balaban J connectivity index is 1.43. The van der Waals surface area contributed by atoms with E-state index >= 15 is 0 Å². The molecule has 0 N–H and O–H groups in total. The fourth-order valence-corrected chi connectivity index (χ4v) is 6.44. The van der Waals surface area contributed by atoms with Gasteiger partial charge in [-0.15, -0.1) is 11.3 Å². The van der Waals surface area contributed by atoms with Crippen LogP contribution in [-0.2, 0) is 9.84 Å². The number of thiophene rings is 1. The van der Waals surface area contributed by atoms with Gasteiger partial charge in [-0.2, -0.15) is 0 Å². The zero-order valence-electron chi connectivity index (χ0n) is 13.7. The average molecular weight is 382 g/mol. The van der Waals surface area contributed by atoms with Crippen molar-refractivity contribution in [2.75, 3.05) is 37.7 Å². The van der Waals surface area contributed by atoms with Crippen LogP contribution in [0, 0.1) is 5.82 Å². The molecule has 25 heavy (non-hydrogen) atoms. The molecule has 1 atom stereocenters. The lowest BCUT2D eigenvalue weighted by atomic mass is 10.2. The number of rotatable bonds is 2. The Labute approximate surface area is 149 Å². The summed E-state index contributed by atoms with van der Waals surface area (Å²) in [5.41, 5.74) is 0. The van der Waals surface area contributed by atoms with E-state index in [4.69, 9.17) is 0 Å². The second kappa shape index (κ2) is 6.34. The summed E-state index contributed by atoms with van der Waals surface area (Å²) in [4.78, 5) is 17.2. The van der Waals surface area contributed by atoms with Gasteiger partial charge in [-0.25, -0.2) is 12.8 Å². The van der Waals surface area contributed by atoms with Gasteiger partial charge in [-0.3, -0.25) is 9.69 Å². The lowest BCUT2D eigenvalue weighted by Crippen LogP contribution is -2.52. The second-order valence-corrected chi connectivity index (χ2v) is 9.96. The molecule has 4 rings (SSSR count). The lowest BCUT2D eigenvalue weighted by molar-refractivity contribution is 0.0592. The van der Waals surface area contributed by atoms with Crippen LogP contribution in [0.1, 0.15) is 16.1 Å². The number of amides is 1. The van der Waals surface area contributed by atoms with Crippen molar-refractivity contribution in [3.05, 3.63) is 35.0 Å². The van der Waals surface area contributed by atoms with Crippen LogP contribution in [0.3, 0.4) is 0 Å². The van der Waals surface area contributed by atoms with E-state index in [-0.39, 0.29) is 29.3 Å². The normalized spacial score (nSPS) is 24.0. The number of hydrogen-bond donors (Lipinski definition) is 0. The van der Waals surface area contributed by atoms with Crippen LogP contribution in [0.2, 0.25) is 0 Å². The number of hydrogen-bond acceptors (Lipinski definition) is 5. The van der Waals surface area contributed by atoms with Crippen LogP contribution in [-0.4, -0.2) is 67.9 Å². The molecule has 2 saturated heterocycles. The first-order valence-electron chi connectivity index (χ1n) is 8.35. The highest BCUT2D eigenvalue weighted by molar-refractivity contribution is 7.91. The maximum atomic E-state index is 13.8. The molecule has 5 nitrogen and oxygen atoms in total. The molecule has 0 bridgehead atoms. The molecule has 1 amide bonds. The van der Waals surface area contributed by atoms with Crippen molar-refractivity contribution in [2.24, 2.45) is 0 Å². The molecule has 2 fully saturated rings. The number of benzene rings is 1. The molecule has 0 saturated carbocycles. The van der Waals surface area contributed by atoms with E-state index in [1.165, 1.54) is 17.4 Å². The number of halogens is 1. The van der Waals surface area contributed by atoms with Gasteiger partial charge in [0.25, 0.3) is 5.91 Å². The molecule has 2 aliphatic rings. The Morgan fingerprint density at radius 3 is 2.60 bits per heavy atom. The fourth-order valence-electron chi connectivity index (χ4n) is 3.64. The third-order valence-corrected chi connectivity index (χ3v) is 7.88. The van der Waals surface area contributed by atoms with Crippen molar-refractivity contribution in [1.29, 1.82) is 0 Å². The summed E-state index contributed by atoms with van der Waals surface area (Å²) in [7, 11) is -2.89. The quantitative estimate of drug-likeness (QED) is 0.797. The van der Waals surface area contributed by atoms with Gasteiger partial charge in [0, 0.05) is 42.3 Å². The molecule has 8 heteroatoms. The van der Waals surface area contributed by atoms with Gasteiger partial charge in [0.15, 0.2) is 9.84 Å². The zero-order valence-corrected chi connectivity index (χ0v) is 15.3. The molecule has 2 aromatic rings. The predicted molar refractivity (Wildman–Crippen MR) is 96.3 cm³/mol. The van der Waals surface area contributed by atoms with Gasteiger partial charge in [-0.05, 0) is 24.6 Å². The summed E-state index contributed by atoms with van der Waals surface area (Å²) in [5, 5.41) is 0.491. The first-order chi connectivity index (χ1) is 11.9. The number of sulfone groups is 1. The molecule has 1 aromatic carbocycles. The molecule has 0 spiro atoms. The highest BCUT2D eigenvalue weighted by atomic mass is 32.2. The van der Waals surface area contributed by atoms with Crippen LogP contribution >= 0.6 is 11.3 Å². The predicted octanol–water partition coefficient (Wildman–Crippen LogP) is 1.99. The molecule has 0 unspecified atom stereocenters. The van der Waals surface area contributed by atoms with Crippen LogP contribution in [0.4, 0.5) is 4.39 Å². The van der Waals surface area contributed by atoms with E-state index in [1.54, 1.807) is 17.0 Å². The van der Waals surface area contributed by atoms with Gasteiger partial charge >= 0.3 is 0 Å². The summed E-state index contributed by atoms with van der Waals surface area (Å²) in [6.07, 6.45) is 0.686. The highest BCUT2D eigenvalue weighted by Crippen LogP contribution is 2.29. The number of carbonyl (C=O) groups is 1. The molecular weight excluding hydrogens is 363 g/mol. The van der Waals surface area contributed by atoms with Gasteiger partial charge in [-0.1, -0.05) is 6.07 Å². The molecule has 1 aromatic heterocycles. The fraction of sp³-hybridized carbons (Fsp3) is 0.471. The van der Waals surface area contributed by atoms with Crippen LogP contribution in [0.15, 0.2) is 24.3 Å². The van der Waals surface area contributed by atoms with Gasteiger partial charge in [0.1, 0.15) is 5.82 Å². The maximum absolute atomic E-state index is 13.8. The number of fused-ring (bicyclic) bond motifs is 1. The summed E-state index contributed by atoms with van der Waals surface area (Å²) in [5.74, 6) is 0.125.